The highest BCUT2D eigenvalue weighted by Gasteiger charge is 2.33. The fourth-order valence-corrected chi connectivity index (χ4v) is 3.77. The highest BCUT2D eigenvalue weighted by atomic mass is 19.4. The van der Waals surface area contributed by atoms with Crippen molar-refractivity contribution in [2.75, 3.05) is 18.0 Å². The van der Waals surface area contributed by atoms with Crippen molar-refractivity contribution < 1.29 is 23.1 Å². The molecule has 0 radical (unpaired) electrons. The normalized spacial score (nSPS) is 15.1. The second-order valence-electron chi connectivity index (χ2n) is 7.36. The molecule has 0 unspecified atom stereocenters. The summed E-state index contributed by atoms with van der Waals surface area (Å²) in [6.07, 6.45) is -4.38. The van der Waals surface area contributed by atoms with E-state index in [2.05, 4.69) is 0 Å². The van der Waals surface area contributed by atoms with E-state index in [1.54, 1.807) is 6.07 Å². The van der Waals surface area contributed by atoms with Gasteiger partial charge in [-0.3, -0.25) is 4.79 Å². The summed E-state index contributed by atoms with van der Waals surface area (Å²) in [5, 5.41) is 9.61. The Bertz CT molecular complexity index is 1080. The smallest absolute Gasteiger partial charge is 0.416 e. The standard InChI is InChI=1S/C21H19F3N2O2/c1-12-5-17(25-10-15(11-25)20(27)28)9-18(6-12)26-13(2)7-14-8-16(21(22,23)24)3-4-19(14)26/h3-9,15H,10-11H2,1-2H3,(H,27,28). The molecule has 1 saturated heterocycles. The number of carboxylic acid groups (broad SMARTS) is 1. The second kappa shape index (κ2) is 6.29. The minimum absolute atomic E-state index is 0.362. The van der Waals surface area contributed by atoms with Crippen molar-refractivity contribution in [1.29, 1.82) is 0 Å². The zero-order chi connectivity index (χ0) is 20.2. The molecule has 0 aliphatic carbocycles. The fraction of sp³-hybridized carbons (Fsp3) is 0.286. The Morgan fingerprint density at radius 3 is 2.36 bits per heavy atom. The highest BCUT2D eigenvalue weighted by molar-refractivity contribution is 5.84. The molecule has 2 heterocycles. The van der Waals surface area contributed by atoms with E-state index in [9.17, 15) is 18.0 Å². The summed E-state index contributed by atoms with van der Waals surface area (Å²) >= 11 is 0. The summed E-state index contributed by atoms with van der Waals surface area (Å²) < 4.78 is 41.0. The topological polar surface area (TPSA) is 45.5 Å². The first-order valence-corrected chi connectivity index (χ1v) is 8.92. The van der Waals surface area contributed by atoms with Gasteiger partial charge in [-0.25, -0.2) is 0 Å². The van der Waals surface area contributed by atoms with Gasteiger partial charge in [-0.15, -0.1) is 0 Å². The third-order valence-corrected chi connectivity index (χ3v) is 5.21. The lowest BCUT2D eigenvalue weighted by molar-refractivity contribution is -0.142. The molecule has 1 aliphatic heterocycles. The van der Waals surface area contributed by atoms with Gasteiger partial charge in [-0.1, -0.05) is 0 Å². The van der Waals surface area contributed by atoms with Gasteiger partial charge in [0.1, 0.15) is 0 Å². The summed E-state index contributed by atoms with van der Waals surface area (Å²) in [5.41, 5.74) is 3.63. The van der Waals surface area contributed by atoms with Gasteiger partial charge in [0.05, 0.1) is 17.0 Å². The van der Waals surface area contributed by atoms with Gasteiger partial charge in [0.25, 0.3) is 0 Å². The molecule has 1 aliphatic rings. The van der Waals surface area contributed by atoms with Crippen LogP contribution in [0.1, 0.15) is 16.8 Å². The van der Waals surface area contributed by atoms with Gasteiger partial charge in [-0.05, 0) is 61.9 Å². The van der Waals surface area contributed by atoms with E-state index in [0.717, 1.165) is 28.7 Å². The van der Waals surface area contributed by atoms with Crippen LogP contribution in [-0.4, -0.2) is 28.7 Å². The van der Waals surface area contributed by atoms with E-state index in [0.29, 0.717) is 24.0 Å². The first kappa shape index (κ1) is 18.4. The largest absolute Gasteiger partial charge is 0.481 e. The number of fused-ring (bicyclic) bond motifs is 1. The molecular weight excluding hydrogens is 369 g/mol. The van der Waals surface area contributed by atoms with Crippen LogP contribution in [0.15, 0.2) is 42.5 Å². The minimum Gasteiger partial charge on any atom is -0.481 e. The fourth-order valence-electron chi connectivity index (χ4n) is 3.77. The summed E-state index contributed by atoms with van der Waals surface area (Å²) in [7, 11) is 0. The summed E-state index contributed by atoms with van der Waals surface area (Å²) in [4.78, 5) is 13.1. The number of aliphatic carboxylic acids is 1. The molecule has 0 amide bonds. The van der Waals surface area contributed by atoms with Crippen molar-refractivity contribution in [1.82, 2.24) is 4.57 Å². The van der Waals surface area contributed by atoms with Gasteiger partial charge in [0.2, 0.25) is 0 Å². The van der Waals surface area contributed by atoms with E-state index >= 15 is 0 Å². The predicted molar refractivity (Wildman–Crippen MR) is 101 cm³/mol. The number of nitrogens with zero attached hydrogens (tertiary/aromatic N) is 2. The van der Waals surface area contributed by atoms with Gasteiger partial charge >= 0.3 is 12.1 Å². The third kappa shape index (κ3) is 3.10. The van der Waals surface area contributed by atoms with Crippen LogP contribution in [0.4, 0.5) is 18.9 Å². The molecular formula is C21H19F3N2O2. The lowest BCUT2D eigenvalue weighted by Gasteiger charge is -2.39. The highest BCUT2D eigenvalue weighted by Crippen LogP contribution is 2.35. The number of hydrogen-bond acceptors (Lipinski definition) is 2. The predicted octanol–water partition coefficient (Wildman–Crippen LogP) is 4.79. The summed E-state index contributed by atoms with van der Waals surface area (Å²) in [5.74, 6) is -1.16. The average molecular weight is 388 g/mol. The molecule has 1 aromatic heterocycles. The van der Waals surface area contributed by atoms with Gasteiger partial charge in [0, 0.05) is 35.5 Å². The number of carbonyl (C=O) groups is 1. The lowest BCUT2D eigenvalue weighted by atomic mass is 9.99. The summed E-state index contributed by atoms with van der Waals surface area (Å²) in [6, 6.07) is 11.4. The van der Waals surface area contributed by atoms with Crippen LogP contribution < -0.4 is 4.90 Å². The molecule has 4 rings (SSSR count). The quantitative estimate of drug-likeness (QED) is 0.702. The number of aromatic nitrogens is 1. The first-order chi connectivity index (χ1) is 13.1. The van der Waals surface area contributed by atoms with Crippen LogP contribution in [0.25, 0.3) is 16.6 Å². The minimum atomic E-state index is -4.38. The third-order valence-electron chi connectivity index (χ3n) is 5.21. The van der Waals surface area contributed by atoms with Crippen LogP contribution in [0.3, 0.4) is 0 Å². The molecule has 146 valence electrons. The van der Waals surface area contributed by atoms with Gasteiger partial charge in [0.15, 0.2) is 0 Å². The van der Waals surface area contributed by atoms with E-state index in [-0.39, 0.29) is 5.92 Å². The zero-order valence-corrected chi connectivity index (χ0v) is 15.4. The number of rotatable bonds is 3. The average Bonchev–Trinajstić information content (AvgIpc) is 2.86. The molecule has 7 heteroatoms. The van der Waals surface area contributed by atoms with Crippen LogP contribution in [-0.2, 0) is 11.0 Å². The SMILES string of the molecule is Cc1cc(N2CC(C(=O)O)C2)cc(-n2c(C)cc3cc(C(F)(F)F)ccc32)c1. The van der Waals surface area contributed by atoms with Crippen molar-refractivity contribution in [2.45, 2.75) is 20.0 Å². The molecule has 0 spiro atoms. The first-order valence-electron chi connectivity index (χ1n) is 8.92. The maximum absolute atomic E-state index is 13.0. The zero-order valence-electron chi connectivity index (χ0n) is 15.4. The van der Waals surface area contributed by atoms with Crippen molar-refractivity contribution in [3.63, 3.8) is 0 Å². The molecule has 28 heavy (non-hydrogen) atoms. The lowest BCUT2D eigenvalue weighted by Crippen LogP contribution is -2.50. The van der Waals surface area contributed by atoms with Crippen LogP contribution >= 0.6 is 0 Å². The summed E-state index contributed by atoms with van der Waals surface area (Å²) in [6.45, 7) is 4.72. The second-order valence-corrected chi connectivity index (χ2v) is 7.36. The van der Waals surface area contributed by atoms with Crippen molar-refractivity contribution in [3.8, 4) is 5.69 Å². The van der Waals surface area contributed by atoms with Crippen molar-refractivity contribution in [2.24, 2.45) is 5.92 Å². The molecule has 3 aromatic rings. The van der Waals surface area contributed by atoms with Gasteiger partial charge < -0.3 is 14.6 Å². The number of aryl methyl sites for hydroxylation is 2. The monoisotopic (exact) mass is 388 g/mol. The number of carboxylic acids is 1. The Labute approximate surface area is 159 Å². The molecule has 0 atom stereocenters. The van der Waals surface area contributed by atoms with Crippen LogP contribution in [0, 0.1) is 19.8 Å². The Balaban J connectivity index is 1.76. The number of halogens is 3. The Kier molecular flexibility index (Phi) is 4.14. The van der Waals surface area contributed by atoms with Crippen LogP contribution in [0.5, 0.6) is 0 Å². The molecule has 1 N–H and O–H groups in total. The Hall–Kier alpha value is -2.96. The van der Waals surface area contributed by atoms with Crippen LogP contribution in [0.2, 0.25) is 0 Å². The van der Waals surface area contributed by atoms with E-state index in [1.807, 2.05) is 41.5 Å². The maximum Gasteiger partial charge on any atom is 0.416 e. The maximum atomic E-state index is 13.0. The number of alkyl halides is 3. The Morgan fingerprint density at radius 2 is 1.71 bits per heavy atom. The number of anilines is 1. The molecule has 2 aromatic carbocycles. The molecule has 4 nitrogen and oxygen atoms in total. The van der Waals surface area contributed by atoms with Crippen molar-refractivity contribution in [3.05, 3.63) is 59.3 Å². The van der Waals surface area contributed by atoms with Gasteiger partial charge in [-0.2, -0.15) is 13.2 Å². The van der Waals surface area contributed by atoms with E-state index in [4.69, 9.17) is 5.11 Å². The molecule has 1 fully saturated rings. The number of benzene rings is 2. The van der Waals surface area contributed by atoms with Crippen molar-refractivity contribution >= 4 is 22.6 Å². The Morgan fingerprint density at radius 1 is 1.04 bits per heavy atom. The molecule has 0 saturated carbocycles. The van der Waals surface area contributed by atoms with E-state index in [1.165, 1.54) is 12.1 Å². The van der Waals surface area contributed by atoms with E-state index < -0.39 is 17.7 Å². The number of hydrogen-bond donors (Lipinski definition) is 1. The molecule has 0 bridgehead atoms.